The smallest absolute Gasteiger partial charge is 0.131 e. The van der Waals surface area contributed by atoms with E-state index in [1.54, 1.807) is 6.07 Å². The van der Waals surface area contributed by atoms with Gasteiger partial charge in [-0.3, -0.25) is 0 Å². The zero-order chi connectivity index (χ0) is 13.7. The molecule has 4 nitrogen and oxygen atoms in total. The third kappa shape index (κ3) is 3.44. The van der Waals surface area contributed by atoms with Gasteiger partial charge in [0.1, 0.15) is 17.4 Å². The number of aromatic nitrogens is 2. The average molecular weight is 257 g/mol. The summed E-state index contributed by atoms with van der Waals surface area (Å²) in [7, 11) is 0. The molecular formula is C15H19N3O. The van der Waals surface area contributed by atoms with Crippen LogP contribution in [0.15, 0.2) is 30.3 Å². The molecule has 0 aliphatic heterocycles. The second-order valence-electron chi connectivity index (χ2n) is 4.31. The van der Waals surface area contributed by atoms with Crippen LogP contribution in [-0.4, -0.2) is 16.6 Å². The van der Waals surface area contributed by atoms with E-state index in [0.29, 0.717) is 12.4 Å². The zero-order valence-corrected chi connectivity index (χ0v) is 11.4. The largest absolute Gasteiger partial charge is 0.494 e. The molecule has 1 aromatic carbocycles. The van der Waals surface area contributed by atoms with Gasteiger partial charge in [0.15, 0.2) is 0 Å². The highest BCUT2D eigenvalue weighted by Crippen LogP contribution is 2.23. The van der Waals surface area contributed by atoms with Crippen molar-refractivity contribution in [1.82, 2.24) is 9.97 Å². The minimum Gasteiger partial charge on any atom is -0.494 e. The van der Waals surface area contributed by atoms with Gasteiger partial charge in [0.25, 0.3) is 0 Å². The van der Waals surface area contributed by atoms with E-state index in [1.807, 2.05) is 31.2 Å². The number of benzene rings is 1. The predicted octanol–water partition coefficient (Wildman–Crippen LogP) is 3.08. The van der Waals surface area contributed by atoms with E-state index in [9.17, 15) is 0 Å². The second-order valence-corrected chi connectivity index (χ2v) is 4.31. The molecule has 0 bridgehead atoms. The number of hydrogen-bond acceptors (Lipinski definition) is 4. The van der Waals surface area contributed by atoms with Crippen LogP contribution in [0.25, 0.3) is 11.3 Å². The van der Waals surface area contributed by atoms with Gasteiger partial charge in [0.2, 0.25) is 0 Å². The van der Waals surface area contributed by atoms with Crippen LogP contribution in [0.4, 0.5) is 5.82 Å². The Balaban J connectivity index is 2.37. The maximum absolute atomic E-state index is 5.84. The summed E-state index contributed by atoms with van der Waals surface area (Å²) in [6.07, 6.45) is 1.84. The standard InChI is InChI=1S/C15H19N3O/c1-3-6-15-17-13(10-14(16)18-15)11-7-5-8-12(9-11)19-4-2/h5,7-10H,3-4,6H2,1-2H3,(H2,16,17,18). The Hall–Kier alpha value is -2.10. The SMILES string of the molecule is CCCc1nc(N)cc(-c2cccc(OCC)c2)n1. The van der Waals surface area contributed by atoms with E-state index in [4.69, 9.17) is 10.5 Å². The van der Waals surface area contributed by atoms with Crippen LogP contribution < -0.4 is 10.5 Å². The fraction of sp³-hybridized carbons (Fsp3) is 0.333. The summed E-state index contributed by atoms with van der Waals surface area (Å²) in [5.41, 5.74) is 7.68. The molecule has 0 fully saturated rings. The van der Waals surface area contributed by atoms with Gasteiger partial charge >= 0.3 is 0 Å². The number of aryl methyl sites for hydroxylation is 1. The van der Waals surface area contributed by atoms with E-state index in [0.717, 1.165) is 35.7 Å². The summed E-state index contributed by atoms with van der Waals surface area (Å²) in [5.74, 6) is 2.14. The Kier molecular flexibility index (Phi) is 4.34. The van der Waals surface area contributed by atoms with Gasteiger partial charge in [-0.05, 0) is 25.5 Å². The van der Waals surface area contributed by atoms with Gasteiger partial charge in [0.05, 0.1) is 12.3 Å². The quantitative estimate of drug-likeness (QED) is 0.894. The maximum atomic E-state index is 5.84. The first-order chi connectivity index (χ1) is 9.22. The van der Waals surface area contributed by atoms with Crippen molar-refractivity contribution in [3.8, 4) is 17.0 Å². The van der Waals surface area contributed by atoms with Crippen molar-refractivity contribution < 1.29 is 4.74 Å². The van der Waals surface area contributed by atoms with E-state index in [2.05, 4.69) is 16.9 Å². The molecule has 1 heterocycles. The molecule has 0 unspecified atom stereocenters. The molecule has 0 spiro atoms. The molecule has 0 amide bonds. The minimum absolute atomic E-state index is 0.510. The number of nitrogens with two attached hydrogens (primary N) is 1. The fourth-order valence-corrected chi connectivity index (χ4v) is 1.91. The molecule has 0 atom stereocenters. The lowest BCUT2D eigenvalue weighted by Crippen LogP contribution is -2.01. The number of anilines is 1. The molecule has 2 N–H and O–H groups in total. The summed E-state index contributed by atoms with van der Waals surface area (Å²) >= 11 is 0. The first kappa shape index (κ1) is 13.3. The lowest BCUT2D eigenvalue weighted by atomic mass is 10.1. The van der Waals surface area contributed by atoms with Crippen molar-refractivity contribution in [2.75, 3.05) is 12.3 Å². The van der Waals surface area contributed by atoms with Crippen LogP contribution in [0.1, 0.15) is 26.1 Å². The Morgan fingerprint density at radius 3 is 2.74 bits per heavy atom. The third-order valence-corrected chi connectivity index (χ3v) is 2.71. The van der Waals surface area contributed by atoms with Crippen molar-refractivity contribution in [2.45, 2.75) is 26.7 Å². The number of nitrogen functional groups attached to an aromatic ring is 1. The van der Waals surface area contributed by atoms with Crippen molar-refractivity contribution in [1.29, 1.82) is 0 Å². The molecule has 2 rings (SSSR count). The van der Waals surface area contributed by atoms with Gasteiger partial charge in [-0.1, -0.05) is 19.1 Å². The Bertz CT molecular complexity index is 555. The molecule has 0 saturated carbocycles. The van der Waals surface area contributed by atoms with Crippen LogP contribution in [-0.2, 0) is 6.42 Å². The molecule has 0 saturated heterocycles. The van der Waals surface area contributed by atoms with Crippen molar-refractivity contribution >= 4 is 5.82 Å². The summed E-state index contributed by atoms with van der Waals surface area (Å²) in [5, 5.41) is 0. The van der Waals surface area contributed by atoms with E-state index in [1.165, 1.54) is 0 Å². The van der Waals surface area contributed by atoms with Crippen molar-refractivity contribution in [3.05, 3.63) is 36.2 Å². The number of rotatable bonds is 5. The summed E-state index contributed by atoms with van der Waals surface area (Å²) in [6, 6.07) is 9.66. The van der Waals surface area contributed by atoms with Gasteiger partial charge < -0.3 is 10.5 Å². The van der Waals surface area contributed by atoms with Crippen LogP contribution in [0.2, 0.25) is 0 Å². The Labute approximate surface area is 113 Å². The fourth-order valence-electron chi connectivity index (χ4n) is 1.91. The highest BCUT2D eigenvalue weighted by atomic mass is 16.5. The molecule has 100 valence electrons. The average Bonchev–Trinajstić information content (AvgIpc) is 2.39. The van der Waals surface area contributed by atoms with Crippen LogP contribution >= 0.6 is 0 Å². The van der Waals surface area contributed by atoms with Gasteiger partial charge in [-0.25, -0.2) is 9.97 Å². The van der Waals surface area contributed by atoms with Crippen molar-refractivity contribution in [2.24, 2.45) is 0 Å². The molecule has 0 aliphatic carbocycles. The molecular weight excluding hydrogens is 238 g/mol. The molecule has 0 aliphatic rings. The third-order valence-electron chi connectivity index (χ3n) is 2.71. The van der Waals surface area contributed by atoms with Gasteiger partial charge in [0, 0.05) is 18.1 Å². The van der Waals surface area contributed by atoms with Crippen LogP contribution in [0.5, 0.6) is 5.75 Å². The highest BCUT2D eigenvalue weighted by Gasteiger charge is 2.06. The number of nitrogens with zero attached hydrogens (tertiary/aromatic N) is 2. The van der Waals surface area contributed by atoms with Gasteiger partial charge in [-0.2, -0.15) is 0 Å². The minimum atomic E-state index is 0.510. The highest BCUT2D eigenvalue weighted by molar-refractivity contribution is 5.63. The van der Waals surface area contributed by atoms with Crippen LogP contribution in [0, 0.1) is 0 Å². The predicted molar refractivity (Wildman–Crippen MR) is 77.0 cm³/mol. The molecule has 19 heavy (non-hydrogen) atoms. The monoisotopic (exact) mass is 257 g/mol. The molecule has 4 heteroatoms. The summed E-state index contributed by atoms with van der Waals surface area (Å²) < 4.78 is 5.50. The first-order valence-corrected chi connectivity index (χ1v) is 6.59. The first-order valence-electron chi connectivity index (χ1n) is 6.59. The van der Waals surface area contributed by atoms with E-state index in [-0.39, 0.29) is 0 Å². The summed E-state index contributed by atoms with van der Waals surface area (Å²) in [6.45, 7) is 4.72. The molecule has 2 aromatic rings. The zero-order valence-electron chi connectivity index (χ0n) is 11.4. The maximum Gasteiger partial charge on any atom is 0.131 e. The Morgan fingerprint density at radius 2 is 2.00 bits per heavy atom. The molecule has 1 aromatic heterocycles. The normalized spacial score (nSPS) is 10.4. The number of hydrogen-bond donors (Lipinski definition) is 1. The second kappa shape index (κ2) is 6.18. The van der Waals surface area contributed by atoms with Crippen LogP contribution in [0.3, 0.4) is 0 Å². The van der Waals surface area contributed by atoms with E-state index >= 15 is 0 Å². The van der Waals surface area contributed by atoms with Crippen molar-refractivity contribution in [3.63, 3.8) is 0 Å². The Morgan fingerprint density at radius 1 is 1.16 bits per heavy atom. The van der Waals surface area contributed by atoms with E-state index < -0.39 is 0 Å². The summed E-state index contributed by atoms with van der Waals surface area (Å²) in [4.78, 5) is 8.79. The lowest BCUT2D eigenvalue weighted by molar-refractivity contribution is 0.340. The number of ether oxygens (including phenoxy) is 1. The molecule has 0 radical (unpaired) electrons. The topological polar surface area (TPSA) is 61.0 Å². The van der Waals surface area contributed by atoms with Gasteiger partial charge in [-0.15, -0.1) is 0 Å². The lowest BCUT2D eigenvalue weighted by Gasteiger charge is -2.08.